The summed E-state index contributed by atoms with van der Waals surface area (Å²) >= 11 is 0. The molecule has 1 aliphatic heterocycles. The van der Waals surface area contributed by atoms with Gasteiger partial charge < -0.3 is 15.3 Å². The normalized spacial score (nSPS) is 16.9. The fourth-order valence-corrected chi connectivity index (χ4v) is 4.34. The second-order valence-electron chi connectivity index (χ2n) is 8.01. The van der Waals surface area contributed by atoms with E-state index in [9.17, 15) is 5.11 Å². The van der Waals surface area contributed by atoms with E-state index in [0.717, 1.165) is 61.7 Å². The summed E-state index contributed by atoms with van der Waals surface area (Å²) in [4.78, 5) is 7.39. The maximum Gasteiger partial charge on any atom is 0.173 e. The van der Waals surface area contributed by atoms with Gasteiger partial charge in [-0.25, -0.2) is 9.55 Å². The molecule has 2 N–H and O–H groups in total. The van der Waals surface area contributed by atoms with Crippen molar-refractivity contribution >= 4 is 17.3 Å². The fraction of sp³-hybridized carbons (Fsp3) is 0.522. The number of nitrogens with one attached hydrogen (secondary N) is 1. The van der Waals surface area contributed by atoms with Crippen LogP contribution >= 0.6 is 0 Å². The number of aliphatic hydroxyl groups is 1. The lowest BCUT2D eigenvalue weighted by atomic mass is 9.99. The molecule has 160 valence electrons. The Labute approximate surface area is 178 Å². The molecule has 1 atom stereocenters. The van der Waals surface area contributed by atoms with E-state index >= 15 is 0 Å². The van der Waals surface area contributed by atoms with Crippen molar-refractivity contribution in [2.45, 2.75) is 65.1 Å². The van der Waals surface area contributed by atoms with Gasteiger partial charge in [-0.2, -0.15) is 9.61 Å². The number of pyridine rings is 1. The molecule has 0 spiro atoms. The molecule has 4 heterocycles. The minimum Gasteiger partial charge on any atom is -0.396 e. The summed E-state index contributed by atoms with van der Waals surface area (Å²) in [6.07, 6.45) is 11.4. The maximum atomic E-state index is 9.54. The average molecular weight is 410 g/mol. The quantitative estimate of drug-likeness (QED) is 0.560. The lowest BCUT2D eigenvalue weighted by Crippen LogP contribution is -2.40. The van der Waals surface area contributed by atoms with Crippen LogP contribution in [0.15, 0.2) is 36.8 Å². The summed E-state index contributed by atoms with van der Waals surface area (Å²) in [6.45, 7) is 7.16. The predicted molar refractivity (Wildman–Crippen MR) is 119 cm³/mol. The fourth-order valence-electron chi connectivity index (χ4n) is 4.34. The molecule has 0 aliphatic carbocycles. The van der Waals surface area contributed by atoms with Gasteiger partial charge in [-0.15, -0.1) is 0 Å². The van der Waals surface area contributed by atoms with Crippen LogP contribution in [0.1, 0.15) is 50.7 Å². The molecule has 3 aromatic rings. The molecular weight excluding hydrogens is 376 g/mol. The molecule has 0 unspecified atom stereocenters. The minimum absolute atomic E-state index is 0.215. The second-order valence-corrected chi connectivity index (χ2v) is 8.01. The van der Waals surface area contributed by atoms with Crippen LogP contribution in [0.3, 0.4) is 0 Å². The molecule has 30 heavy (non-hydrogen) atoms. The van der Waals surface area contributed by atoms with Crippen LogP contribution in [-0.4, -0.2) is 38.9 Å². The van der Waals surface area contributed by atoms with Gasteiger partial charge in [-0.05, 0) is 45.1 Å². The number of aromatic nitrogens is 4. The average Bonchev–Trinajstić information content (AvgIpc) is 3.21. The Morgan fingerprint density at radius 2 is 2.20 bits per heavy atom. The van der Waals surface area contributed by atoms with Gasteiger partial charge in [-0.3, -0.25) is 0 Å². The second kappa shape index (κ2) is 9.43. The zero-order chi connectivity index (χ0) is 20.9. The van der Waals surface area contributed by atoms with E-state index in [-0.39, 0.29) is 6.61 Å². The van der Waals surface area contributed by atoms with Crippen molar-refractivity contribution in [1.82, 2.24) is 14.6 Å². The Balaban J connectivity index is 1.68. The summed E-state index contributed by atoms with van der Waals surface area (Å²) in [5, 5.41) is 17.7. The van der Waals surface area contributed by atoms with E-state index in [1.165, 1.54) is 18.4 Å². The van der Waals surface area contributed by atoms with Crippen LogP contribution in [0.25, 0.3) is 5.65 Å². The molecule has 1 fully saturated rings. The number of fused-ring (bicyclic) bond motifs is 1. The van der Waals surface area contributed by atoms with Gasteiger partial charge in [-0.1, -0.05) is 6.92 Å². The topological polar surface area (TPSA) is 69.6 Å². The van der Waals surface area contributed by atoms with Gasteiger partial charge in [0.2, 0.25) is 0 Å². The Morgan fingerprint density at radius 1 is 1.30 bits per heavy atom. The lowest BCUT2D eigenvalue weighted by molar-refractivity contribution is -0.693. The third-order valence-electron chi connectivity index (χ3n) is 6.05. The van der Waals surface area contributed by atoms with E-state index in [0.29, 0.717) is 6.04 Å². The van der Waals surface area contributed by atoms with Gasteiger partial charge in [0.15, 0.2) is 18.0 Å². The zero-order valence-electron chi connectivity index (χ0n) is 18.1. The van der Waals surface area contributed by atoms with Gasteiger partial charge in [0.05, 0.1) is 6.20 Å². The first-order chi connectivity index (χ1) is 14.7. The molecule has 0 bridgehead atoms. The van der Waals surface area contributed by atoms with Crippen LogP contribution in [0.2, 0.25) is 0 Å². The van der Waals surface area contributed by atoms with E-state index < -0.39 is 0 Å². The number of aryl methyl sites for hydroxylation is 2. The molecule has 1 aliphatic rings. The highest BCUT2D eigenvalue weighted by molar-refractivity contribution is 5.61. The third-order valence-corrected chi connectivity index (χ3v) is 6.05. The smallest absolute Gasteiger partial charge is 0.173 e. The Kier molecular flexibility index (Phi) is 6.47. The Hall–Kier alpha value is -2.67. The number of nitrogens with zero attached hydrogens (tertiary/aromatic N) is 5. The molecular formula is C23H33N6O+. The van der Waals surface area contributed by atoms with Crippen molar-refractivity contribution in [2.24, 2.45) is 0 Å². The van der Waals surface area contributed by atoms with E-state index in [2.05, 4.69) is 64.3 Å². The first kappa shape index (κ1) is 20.6. The first-order valence-corrected chi connectivity index (χ1v) is 11.2. The first-order valence-electron chi connectivity index (χ1n) is 11.2. The SMILES string of the molecule is CCc1cnn2c(NCc3ccc[n+](CC)c3)cc(N3CCCC[C@H]3CCO)nc12. The van der Waals surface area contributed by atoms with Crippen molar-refractivity contribution in [2.75, 3.05) is 23.4 Å². The number of hydrogen-bond donors (Lipinski definition) is 2. The van der Waals surface area contributed by atoms with Crippen molar-refractivity contribution < 1.29 is 9.67 Å². The van der Waals surface area contributed by atoms with Gasteiger partial charge in [0.1, 0.15) is 18.2 Å². The Morgan fingerprint density at radius 3 is 3.00 bits per heavy atom. The van der Waals surface area contributed by atoms with E-state index in [1.807, 2.05) is 10.7 Å². The molecule has 4 rings (SSSR count). The van der Waals surface area contributed by atoms with E-state index in [4.69, 9.17) is 4.98 Å². The van der Waals surface area contributed by atoms with Crippen molar-refractivity contribution in [1.29, 1.82) is 0 Å². The van der Waals surface area contributed by atoms with Crippen LogP contribution in [0.5, 0.6) is 0 Å². The van der Waals surface area contributed by atoms with Gasteiger partial charge in [0, 0.05) is 49.0 Å². The number of piperidine rings is 1. The van der Waals surface area contributed by atoms with Crippen LogP contribution in [0.4, 0.5) is 11.6 Å². The van der Waals surface area contributed by atoms with Gasteiger partial charge >= 0.3 is 0 Å². The Bertz CT molecular complexity index is 983. The summed E-state index contributed by atoms with van der Waals surface area (Å²) in [5.74, 6) is 1.94. The minimum atomic E-state index is 0.215. The molecule has 1 saturated heterocycles. The predicted octanol–water partition coefficient (Wildman–Crippen LogP) is 2.95. The summed E-state index contributed by atoms with van der Waals surface area (Å²) in [7, 11) is 0. The molecule has 0 aromatic carbocycles. The molecule has 3 aromatic heterocycles. The molecule has 7 heteroatoms. The van der Waals surface area contributed by atoms with Crippen LogP contribution in [-0.2, 0) is 19.5 Å². The van der Waals surface area contributed by atoms with Crippen LogP contribution < -0.4 is 14.8 Å². The monoisotopic (exact) mass is 409 g/mol. The molecule has 0 amide bonds. The van der Waals surface area contributed by atoms with E-state index in [1.54, 1.807) is 0 Å². The highest BCUT2D eigenvalue weighted by Gasteiger charge is 2.24. The summed E-state index contributed by atoms with van der Waals surface area (Å²) in [5.41, 5.74) is 3.30. The highest BCUT2D eigenvalue weighted by atomic mass is 16.3. The number of hydrogen-bond acceptors (Lipinski definition) is 5. The number of anilines is 2. The largest absolute Gasteiger partial charge is 0.396 e. The molecule has 0 radical (unpaired) electrons. The lowest BCUT2D eigenvalue weighted by Gasteiger charge is -2.36. The van der Waals surface area contributed by atoms with Crippen molar-refractivity contribution in [3.63, 3.8) is 0 Å². The summed E-state index contributed by atoms with van der Waals surface area (Å²) in [6, 6.07) is 6.69. The molecule has 7 nitrogen and oxygen atoms in total. The van der Waals surface area contributed by atoms with Crippen LogP contribution in [0, 0.1) is 0 Å². The zero-order valence-corrected chi connectivity index (χ0v) is 18.1. The summed E-state index contributed by atoms with van der Waals surface area (Å²) < 4.78 is 4.10. The number of aliphatic hydroxyl groups excluding tert-OH is 1. The van der Waals surface area contributed by atoms with Gasteiger partial charge in [0.25, 0.3) is 0 Å². The highest BCUT2D eigenvalue weighted by Crippen LogP contribution is 2.28. The number of rotatable bonds is 8. The maximum absolute atomic E-state index is 9.54. The van der Waals surface area contributed by atoms with Crippen molar-refractivity contribution in [3.05, 3.63) is 47.9 Å². The van der Waals surface area contributed by atoms with Crippen molar-refractivity contribution in [3.8, 4) is 0 Å². The molecule has 0 saturated carbocycles. The third kappa shape index (κ3) is 4.26. The standard InChI is InChI=1S/C23H33N6O/c1-3-19-16-25-29-21(24-15-18-8-7-11-27(4-2)17-18)14-22(26-23(19)29)28-12-6-5-9-20(28)10-13-30/h7-8,11,14,16-17,20,24,30H,3-6,9-10,12-13,15H2,1-2H3/q+1/t20-/m0/s1.